The zero-order valence-electron chi connectivity index (χ0n) is 13.4. The molecule has 0 spiro atoms. The number of hydrogen-bond acceptors (Lipinski definition) is 5. The Kier molecular flexibility index (Phi) is 4.04. The van der Waals surface area contributed by atoms with E-state index in [1.54, 1.807) is 6.92 Å². The third kappa shape index (κ3) is 2.88. The molecule has 1 amide bonds. The number of carbonyl (C=O) groups excluding carboxylic acids is 1. The molecule has 26 heavy (non-hydrogen) atoms. The van der Waals surface area contributed by atoms with Crippen LogP contribution < -0.4 is 5.32 Å². The van der Waals surface area contributed by atoms with Gasteiger partial charge in [0.25, 0.3) is 5.91 Å². The number of nitrogens with zero attached hydrogens (tertiary/aromatic N) is 2. The summed E-state index contributed by atoms with van der Waals surface area (Å²) in [6.45, 7) is 1.69. The van der Waals surface area contributed by atoms with Crippen molar-refractivity contribution in [3.8, 4) is 11.3 Å². The Balaban J connectivity index is 1.67. The van der Waals surface area contributed by atoms with Crippen molar-refractivity contribution >= 4 is 38.6 Å². The zero-order valence-corrected chi connectivity index (χ0v) is 15.0. The largest absolute Gasteiger partial charge is 0.451 e. The summed E-state index contributed by atoms with van der Waals surface area (Å²) in [6.07, 6.45) is 0. The second-order valence-corrected chi connectivity index (χ2v) is 6.53. The number of aryl methyl sites for hydroxylation is 1. The van der Waals surface area contributed by atoms with E-state index in [-0.39, 0.29) is 11.6 Å². The molecule has 0 bridgehead atoms. The number of benzene rings is 2. The van der Waals surface area contributed by atoms with Crippen LogP contribution in [0.3, 0.4) is 0 Å². The molecule has 0 saturated heterocycles. The monoisotopic (exact) mass is 415 g/mol. The highest BCUT2D eigenvalue weighted by molar-refractivity contribution is 9.10. The molecule has 1 N–H and O–H groups in total. The van der Waals surface area contributed by atoms with Gasteiger partial charge in [0.05, 0.1) is 0 Å². The predicted octanol–water partition coefficient (Wildman–Crippen LogP) is 4.95. The molecule has 8 heteroatoms. The molecular weight excluding hydrogens is 405 g/mol. The van der Waals surface area contributed by atoms with E-state index in [1.165, 1.54) is 18.2 Å². The normalized spacial score (nSPS) is 11.0. The first-order valence-corrected chi connectivity index (χ1v) is 8.41. The van der Waals surface area contributed by atoms with E-state index in [0.717, 1.165) is 10.0 Å². The van der Waals surface area contributed by atoms with E-state index in [0.29, 0.717) is 22.2 Å². The molecule has 6 nitrogen and oxygen atoms in total. The van der Waals surface area contributed by atoms with Crippen molar-refractivity contribution in [3.63, 3.8) is 0 Å². The molecule has 0 atom stereocenters. The lowest BCUT2D eigenvalue weighted by atomic mass is 10.1. The number of hydrogen-bond donors (Lipinski definition) is 1. The quantitative estimate of drug-likeness (QED) is 0.512. The summed E-state index contributed by atoms with van der Waals surface area (Å²) in [4.78, 5) is 12.6. The highest BCUT2D eigenvalue weighted by Gasteiger charge is 2.21. The van der Waals surface area contributed by atoms with Crippen LogP contribution in [0.4, 0.5) is 10.2 Å². The third-order valence-corrected chi connectivity index (χ3v) is 4.47. The predicted molar refractivity (Wildman–Crippen MR) is 96.3 cm³/mol. The summed E-state index contributed by atoms with van der Waals surface area (Å²) in [7, 11) is 0. The maximum Gasteiger partial charge on any atom is 0.292 e. The van der Waals surface area contributed by atoms with Gasteiger partial charge in [0.2, 0.25) is 5.82 Å². The number of amides is 1. The van der Waals surface area contributed by atoms with Crippen LogP contribution in [-0.4, -0.2) is 16.2 Å². The van der Waals surface area contributed by atoms with Gasteiger partial charge >= 0.3 is 0 Å². The molecule has 2 aromatic heterocycles. The third-order valence-electron chi connectivity index (χ3n) is 3.94. The van der Waals surface area contributed by atoms with E-state index >= 15 is 0 Å². The van der Waals surface area contributed by atoms with Crippen LogP contribution in [0.5, 0.6) is 0 Å². The lowest BCUT2D eigenvalue weighted by Crippen LogP contribution is -2.13. The number of fused-ring (bicyclic) bond motifs is 1. The molecule has 0 fully saturated rings. The van der Waals surface area contributed by atoms with Gasteiger partial charge in [-0.2, -0.15) is 0 Å². The fourth-order valence-electron chi connectivity index (χ4n) is 2.64. The topological polar surface area (TPSA) is 81.2 Å². The maximum absolute atomic E-state index is 13.4. The van der Waals surface area contributed by atoms with Crippen LogP contribution in [0.15, 0.2) is 56.0 Å². The van der Waals surface area contributed by atoms with Gasteiger partial charge in [0.15, 0.2) is 11.5 Å². The number of halogens is 2. The van der Waals surface area contributed by atoms with Gasteiger partial charge in [0, 0.05) is 21.0 Å². The van der Waals surface area contributed by atoms with Crippen molar-refractivity contribution in [3.05, 3.63) is 64.1 Å². The zero-order chi connectivity index (χ0) is 18.3. The first kappa shape index (κ1) is 16.5. The van der Waals surface area contributed by atoms with Crippen LogP contribution in [-0.2, 0) is 0 Å². The van der Waals surface area contributed by atoms with E-state index in [4.69, 9.17) is 9.05 Å². The minimum Gasteiger partial charge on any atom is -0.451 e. The van der Waals surface area contributed by atoms with Gasteiger partial charge in [-0.25, -0.2) is 9.02 Å². The molecule has 0 unspecified atom stereocenters. The van der Waals surface area contributed by atoms with Gasteiger partial charge in [-0.3, -0.25) is 10.1 Å². The van der Waals surface area contributed by atoms with Gasteiger partial charge in [-0.05, 0) is 47.6 Å². The molecule has 0 aliphatic rings. The van der Waals surface area contributed by atoms with Crippen molar-refractivity contribution in [2.45, 2.75) is 6.92 Å². The van der Waals surface area contributed by atoms with Crippen molar-refractivity contribution in [1.29, 1.82) is 0 Å². The van der Waals surface area contributed by atoms with Crippen LogP contribution in [0.25, 0.3) is 22.2 Å². The number of aromatic nitrogens is 2. The first-order valence-electron chi connectivity index (χ1n) is 7.61. The van der Waals surface area contributed by atoms with Gasteiger partial charge in [0.1, 0.15) is 11.4 Å². The average Bonchev–Trinajstić information content (AvgIpc) is 3.21. The number of anilines is 1. The molecule has 0 radical (unpaired) electrons. The number of furan rings is 1. The molecular formula is C18H11BrFN3O3. The Hall–Kier alpha value is -3.00. The van der Waals surface area contributed by atoms with Crippen LogP contribution in [0.1, 0.15) is 16.1 Å². The molecule has 130 valence electrons. The Morgan fingerprint density at radius 1 is 1.15 bits per heavy atom. The highest BCUT2D eigenvalue weighted by Crippen LogP contribution is 2.29. The number of nitrogens with one attached hydrogen (secondary N) is 1. The molecule has 4 aromatic rings. The highest BCUT2D eigenvalue weighted by atomic mass is 79.9. The van der Waals surface area contributed by atoms with Crippen LogP contribution >= 0.6 is 15.9 Å². The summed E-state index contributed by atoms with van der Waals surface area (Å²) >= 11 is 3.36. The number of rotatable bonds is 3. The molecule has 0 aliphatic carbocycles. The second kappa shape index (κ2) is 6.38. The van der Waals surface area contributed by atoms with Crippen LogP contribution in [0, 0.1) is 12.7 Å². The molecule has 2 heterocycles. The van der Waals surface area contributed by atoms with E-state index in [1.807, 2.05) is 24.3 Å². The summed E-state index contributed by atoms with van der Waals surface area (Å²) in [5.41, 5.74) is 2.10. The molecule has 0 aliphatic heterocycles. The summed E-state index contributed by atoms with van der Waals surface area (Å²) < 4.78 is 24.7. The Labute approximate surface area is 155 Å². The first-order chi connectivity index (χ1) is 12.5. The van der Waals surface area contributed by atoms with Crippen molar-refractivity contribution in [1.82, 2.24) is 10.3 Å². The average molecular weight is 416 g/mol. The van der Waals surface area contributed by atoms with Gasteiger partial charge in [-0.15, -0.1) is 0 Å². The Bertz CT molecular complexity index is 1120. The lowest BCUT2D eigenvalue weighted by Gasteiger charge is -2.02. The minimum absolute atomic E-state index is 0.0790. The second-order valence-electron chi connectivity index (χ2n) is 5.62. The lowest BCUT2D eigenvalue weighted by molar-refractivity contribution is 0.0997. The fourth-order valence-corrected chi connectivity index (χ4v) is 2.91. The van der Waals surface area contributed by atoms with E-state index < -0.39 is 11.7 Å². The van der Waals surface area contributed by atoms with Gasteiger partial charge in [-0.1, -0.05) is 28.1 Å². The van der Waals surface area contributed by atoms with Crippen molar-refractivity contribution in [2.75, 3.05) is 5.32 Å². The smallest absolute Gasteiger partial charge is 0.292 e. The van der Waals surface area contributed by atoms with Crippen molar-refractivity contribution < 1.29 is 18.2 Å². The van der Waals surface area contributed by atoms with Gasteiger partial charge < -0.3 is 4.42 Å². The SMILES string of the molecule is Cc1c(C(=O)Nc2nonc2-c2ccc(Br)cc2)oc2ccc(F)cc12. The molecule has 4 rings (SSSR count). The van der Waals surface area contributed by atoms with Crippen molar-refractivity contribution in [2.24, 2.45) is 0 Å². The minimum atomic E-state index is -0.520. The summed E-state index contributed by atoms with van der Waals surface area (Å²) in [5.74, 6) is -0.668. The summed E-state index contributed by atoms with van der Waals surface area (Å²) in [5, 5.41) is 10.8. The number of carbonyl (C=O) groups is 1. The maximum atomic E-state index is 13.4. The van der Waals surface area contributed by atoms with E-state index in [2.05, 4.69) is 31.6 Å². The van der Waals surface area contributed by atoms with Crippen LogP contribution in [0.2, 0.25) is 0 Å². The summed E-state index contributed by atoms with van der Waals surface area (Å²) in [6, 6.07) is 11.4. The molecule has 2 aromatic carbocycles. The Morgan fingerprint density at radius 3 is 2.69 bits per heavy atom. The van der Waals surface area contributed by atoms with E-state index in [9.17, 15) is 9.18 Å². The standard InChI is InChI=1S/C18H11BrFN3O3/c1-9-13-8-12(20)6-7-14(13)25-16(9)18(24)21-17-15(22-26-23-17)10-2-4-11(19)5-3-10/h2-8H,1H3,(H,21,23,24). The Morgan fingerprint density at radius 2 is 1.92 bits per heavy atom. The molecule has 0 saturated carbocycles. The fraction of sp³-hybridized carbons (Fsp3) is 0.0556.